The van der Waals surface area contributed by atoms with Crippen molar-refractivity contribution >= 4 is 12.1 Å². The average molecular weight is 309 g/mol. The van der Waals surface area contributed by atoms with Crippen LogP contribution in [-0.4, -0.2) is 34.9 Å². The molecule has 0 radical (unpaired) electrons. The Labute approximate surface area is 130 Å². The molecule has 6 heteroatoms. The van der Waals surface area contributed by atoms with Gasteiger partial charge in [0, 0.05) is 0 Å². The van der Waals surface area contributed by atoms with E-state index in [1.54, 1.807) is 27.7 Å². The molecule has 0 aliphatic rings. The number of carbonyl (C=O) groups is 2. The molecule has 2 N–H and O–H groups in total. The summed E-state index contributed by atoms with van der Waals surface area (Å²) in [6.45, 7) is 6.98. The SMILES string of the molecule is C[C@@H](OCc1ccccc1)C(NC(=O)OC(C)(C)C)C(=O)O. The first-order valence-electron chi connectivity index (χ1n) is 7.07. The summed E-state index contributed by atoms with van der Waals surface area (Å²) in [6, 6.07) is 8.21. The summed E-state index contributed by atoms with van der Waals surface area (Å²) in [6.07, 6.45) is -1.49. The second-order valence-corrected chi connectivity index (χ2v) is 5.96. The Bertz CT molecular complexity index is 495. The topological polar surface area (TPSA) is 84.9 Å². The summed E-state index contributed by atoms with van der Waals surface area (Å²) in [5.74, 6) is -1.17. The monoisotopic (exact) mass is 309 g/mol. The van der Waals surface area contributed by atoms with E-state index in [-0.39, 0.29) is 6.61 Å². The van der Waals surface area contributed by atoms with Gasteiger partial charge >= 0.3 is 12.1 Å². The van der Waals surface area contributed by atoms with E-state index in [1.807, 2.05) is 30.3 Å². The number of ether oxygens (including phenoxy) is 2. The molecule has 1 aromatic carbocycles. The van der Waals surface area contributed by atoms with Gasteiger partial charge in [-0.3, -0.25) is 0 Å². The Morgan fingerprint density at radius 2 is 1.82 bits per heavy atom. The van der Waals surface area contributed by atoms with Crippen LogP contribution in [0.5, 0.6) is 0 Å². The van der Waals surface area contributed by atoms with Crippen LogP contribution >= 0.6 is 0 Å². The molecule has 0 saturated carbocycles. The number of aliphatic carboxylic acids is 1. The van der Waals surface area contributed by atoms with E-state index in [9.17, 15) is 14.7 Å². The van der Waals surface area contributed by atoms with E-state index in [1.165, 1.54) is 0 Å². The fraction of sp³-hybridized carbons (Fsp3) is 0.500. The van der Waals surface area contributed by atoms with Crippen LogP contribution in [0.3, 0.4) is 0 Å². The van der Waals surface area contributed by atoms with Gasteiger partial charge in [-0.15, -0.1) is 0 Å². The average Bonchev–Trinajstić information content (AvgIpc) is 2.41. The quantitative estimate of drug-likeness (QED) is 0.843. The molecule has 2 atom stereocenters. The third kappa shape index (κ3) is 6.58. The van der Waals surface area contributed by atoms with Gasteiger partial charge < -0.3 is 19.9 Å². The highest BCUT2D eigenvalue weighted by Crippen LogP contribution is 2.09. The predicted molar refractivity (Wildman–Crippen MR) is 81.5 cm³/mol. The van der Waals surface area contributed by atoms with Crippen LogP contribution in [0.4, 0.5) is 4.79 Å². The Morgan fingerprint density at radius 1 is 1.23 bits per heavy atom. The largest absolute Gasteiger partial charge is 0.480 e. The summed E-state index contributed by atoms with van der Waals surface area (Å²) in [5, 5.41) is 11.6. The number of carboxylic acids is 1. The van der Waals surface area contributed by atoms with Crippen LogP contribution in [-0.2, 0) is 20.9 Å². The van der Waals surface area contributed by atoms with Crippen molar-refractivity contribution in [1.29, 1.82) is 0 Å². The highest BCUT2D eigenvalue weighted by atomic mass is 16.6. The zero-order valence-electron chi connectivity index (χ0n) is 13.3. The van der Waals surface area contributed by atoms with Gasteiger partial charge in [0.25, 0.3) is 0 Å². The van der Waals surface area contributed by atoms with Crippen molar-refractivity contribution in [2.24, 2.45) is 0 Å². The van der Waals surface area contributed by atoms with Crippen LogP contribution < -0.4 is 5.32 Å². The number of hydrogen-bond donors (Lipinski definition) is 2. The number of amides is 1. The number of hydrogen-bond acceptors (Lipinski definition) is 4. The third-order valence-corrected chi connectivity index (χ3v) is 2.76. The fourth-order valence-corrected chi connectivity index (χ4v) is 1.71. The summed E-state index contributed by atoms with van der Waals surface area (Å²) in [5.41, 5.74) is 0.233. The number of carboxylic acid groups (broad SMARTS) is 1. The second kappa shape index (κ2) is 7.79. The highest BCUT2D eigenvalue weighted by Gasteiger charge is 2.29. The minimum absolute atomic E-state index is 0.266. The maximum atomic E-state index is 11.7. The van der Waals surface area contributed by atoms with Crippen molar-refractivity contribution < 1.29 is 24.2 Å². The molecule has 0 aliphatic carbocycles. The molecule has 22 heavy (non-hydrogen) atoms. The lowest BCUT2D eigenvalue weighted by Gasteiger charge is -2.25. The number of benzene rings is 1. The lowest BCUT2D eigenvalue weighted by Crippen LogP contribution is -2.50. The molecular weight excluding hydrogens is 286 g/mol. The summed E-state index contributed by atoms with van der Waals surface area (Å²) < 4.78 is 10.6. The first-order valence-corrected chi connectivity index (χ1v) is 7.07. The van der Waals surface area contributed by atoms with E-state index in [2.05, 4.69) is 5.32 Å². The normalized spacial score (nSPS) is 14.0. The van der Waals surface area contributed by atoms with Gasteiger partial charge in [-0.25, -0.2) is 9.59 Å². The van der Waals surface area contributed by atoms with E-state index >= 15 is 0 Å². The van der Waals surface area contributed by atoms with E-state index in [4.69, 9.17) is 9.47 Å². The molecule has 0 bridgehead atoms. The van der Waals surface area contributed by atoms with Crippen molar-refractivity contribution in [2.45, 2.75) is 52.0 Å². The summed E-state index contributed by atoms with van der Waals surface area (Å²) in [7, 11) is 0. The molecule has 0 saturated heterocycles. The van der Waals surface area contributed by atoms with Crippen LogP contribution in [0.2, 0.25) is 0 Å². The molecule has 1 rings (SSSR count). The summed E-state index contributed by atoms with van der Waals surface area (Å²) >= 11 is 0. The molecule has 0 spiro atoms. The molecule has 0 aliphatic heterocycles. The molecular formula is C16H23NO5. The van der Waals surface area contributed by atoms with Crippen LogP contribution in [0.1, 0.15) is 33.3 Å². The van der Waals surface area contributed by atoms with Crippen LogP contribution in [0.25, 0.3) is 0 Å². The second-order valence-electron chi connectivity index (χ2n) is 5.96. The molecule has 6 nitrogen and oxygen atoms in total. The zero-order valence-corrected chi connectivity index (χ0v) is 13.3. The van der Waals surface area contributed by atoms with Gasteiger partial charge in [0.05, 0.1) is 12.7 Å². The van der Waals surface area contributed by atoms with Crippen molar-refractivity contribution in [3.63, 3.8) is 0 Å². The minimum atomic E-state index is -1.18. The zero-order chi connectivity index (χ0) is 16.8. The number of carbonyl (C=O) groups excluding carboxylic acids is 1. The Hall–Kier alpha value is -2.08. The molecule has 1 aromatic rings. The fourth-order valence-electron chi connectivity index (χ4n) is 1.71. The van der Waals surface area contributed by atoms with Crippen molar-refractivity contribution in [2.75, 3.05) is 0 Å². The lowest BCUT2D eigenvalue weighted by molar-refractivity contribution is -0.143. The van der Waals surface area contributed by atoms with Gasteiger partial charge in [-0.05, 0) is 33.3 Å². The number of nitrogens with one attached hydrogen (secondary N) is 1. The highest BCUT2D eigenvalue weighted by molar-refractivity contribution is 5.80. The molecule has 1 amide bonds. The smallest absolute Gasteiger partial charge is 0.408 e. The van der Waals surface area contributed by atoms with Gasteiger partial charge in [0.2, 0.25) is 0 Å². The first-order chi connectivity index (χ1) is 10.2. The van der Waals surface area contributed by atoms with Crippen molar-refractivity contribution in [3.8, 4) is 0 Å². The van der Waals surface area contributed by atoms with Gasteiger partial charge in [0.1, 0.15) is 5.60 Å². The first kappa shape index (κ1) is 18.0. The number of alkyl carbamates (subject to hydrolysis) is 1. The Balaban J connectivity index is 2.58. The standard InChI is InChI=1S/C16H23NO5/c1-11(21-10-12-8-6-5-7-9-12)13(14(18)19)17-15(20)22-16(2,3)4/h5-9,11,13H,10H2,1-4H3,(H,17,20)(H,18,19)/t11-,13?/m1/s1. The van der Waals surface area contributed by atoms with Gasteiger partial charge in [-0.1, -0.05) is 30.3 Å². The maximum absolute atomic E-state index is 11.7. The predicted octanol–water partition coefficient (Wildman–Crippen LogP) is 2.57. The van der Waals surface area contributed by atoms with Crippen molar-refractivity contribution in [3.05, 3.63) is 35.9 Å². The molecule has 0 aromatic heterocycles. The Kier molecular flexibility index (Phi) is 6.37. The van der Waals surface area contributed by atoms with E-state index in [0.717, 1.165) is 5.56 Å². The summed E-state index contributed by atoms with van der Waals surface area (Å²) in [4.78, 5) is 23.0. The van der Waals surface area contributed by atoms with Gasteiger partial charge in [-0.2, -0.15) is 0 Å². The van der Waals surface area contributed by atoms with E-state index < -0.39 is 29.8 Å². The van der Waals surface area contributed by atoms with Crippen LogP contribution in [0.15, 0.2) is 30.3 Å². The molecule has 1 unspecified atom stereocenters. The maximum Gasteiger partial charge on any atom is 0.408 e. The molecule has 122 valence electrons. The lowest BCUT2D eigenvalue weighted by atomic mass is 10.1. The minimum Gasteiger partial charge on any atom is -0.480 e. The number of rotatable bonds is 6. The van der Waals surface area contributed by atoms with Gasteiger partial charge in [0.15, 0.2) is 6.04 Å². The van der Waals surface area contributed by atoms with E-state index in [0.29, 0.717) is 0 Å². The van der Waals surface area contributed by atoms with Crippen molar-refractivity contribution in [1.82, 2.24) is 5.32 Å². The van der Waals surface area contributed by atoms with Crippen LogP contribution in [0, 0.1) is 0 Å². The molecule has 0 fully saturated rings. The molecule has 0 heterocycles. The third-order valence-electron chi connectivity index (χ3n) is 2.76. The Morgan fingerprint density at radius 3 is 2.32 bits per heavy atom.